The first-order valence-electron chi connectivity index (χ1n) is 9.47. The van der Waals surface area contributed by atoms with Gasteiger partial charge in [-0.05, 0) is 50.2 Å². The first-order chi connectivity index (χ1) is 14.3. The number of benzene rings is 1. The number of hydrogen-bond acceptors (Lipinski definition) is 7. The summed E-state index contributed by atoms with van der Waals surface area (Å²) in [6, 6.07) is 10.0. The van der Waals surface area contributed by atoms with Gasteiger partial charge in [0.05, 0.1) is 0 Å². The average molecular weight is 428 g/mol. The Morgan fingerprint density at radius 2 is 1.83 bits per heavy atom. The van der Waals surface area contributed by atoms with Crippen LogP contribution in [-0.4, -0.2) is 43.2 Å². The van der Waals surface area contributed by atoms with Crippen LogP contribution in [0.5, 0.6) is 0 Å². The fourth-order valence-electron chi connectivity index (χ4n) is 3.56. The van der Waals surface area contributed by atoms with Gasteiger partial charge in [-0.3, -0.25) is 4.98 Å². The number of para-hydroxylation sites is 1. The molecule has 1 aromatic carbocycles. The van der Waals surface area contributed by atoms with Gasteiger partial charge in [-0.2, -0.15) is 4.98 Å². The predicted octanol–water partition coefficient (Wildman–Crippen LogP) is 3.41. The Morgan fingerprint density at radius 1 is 1.07 bits per heavy atom. The molecule has 1 saturated heterocycles. The molecule has 0 saturated carbocycles. The number of nitrogens with zero attached hydrogens (tertiary/aromatic N) is 6. The molecule has 0 atom stereocenters. The van der Waals surface area contributed by atoms with Gasteiger partial charge < -0.3 is 9.84 Å². The fourth-order valence-corrected chi connectivity index (χ4v) is 3.56. The Kier molecular flexibility index (Phi) is 5.82. The molecule has 154 valence electrons. The zero-order valence-electron chi connectivity index (χ0n) is 15.9. The van der Waals surface area contributed by atoms with Crippen LogP contribution in [0.1, 0.15) is 24.6 Å². The first-order valence-corrected chi connectivity index (χ1v) is 9.47. The number of aromatic nitrogens is 6. The Hall–Kier alpha value is -3.17. The molecule has 5 rings (SSSR count). The number of pyridine rings is 1. The lowest BCUT2D eigenvalue weighted by Crippen LogP contribution is -2.27. The predicted molar refractivity (Wildman–Crippen MR) is 110 cm³/mol. The van der Waals surface area contributed by atoms with E-state index in [9.17, 15) is 4.39 Å². The second-order valence-corrected chi connectivity index (χ2v) is 6.87. The molecule has 0 aliphatic carbocycles. The first kappa shape index (κ1) is 20.1. The quantitative estimate of drug-likeness (QED) is 0.533. The van der Waals surface area contributed by atoms with Crippen molar-refractivity contribution in [2.75, 3.05) is 13.1 Å². The maximum Gasteiger partial charge on any atom is 0.280 e. The van der Waals surface area contributed by atoms with Crippen molar-refractivity contribution < 1.29 is 8.91 Å². The van der Waals surface area contributed by atoms with E-state index in [4.69, 9.17) is 4.52 Å². The van der Waals surface area contributed by atoms with Crippen molar-refractivity contribution in [2.24, 2.45) is 0 Å². The summed E-state index contributed by atoms with van der Waals surface area (Å²) in [7, 11) is 0. The Morgan fingerprint density at radius 3 is 2.60 bits per heavy atom. The van der Waals surface area contributed by atoms with Crippen LogP contribution in [0, 0.1) is 5.82 Å². The second kappa shape index (κ2) is 8.68. The molecule has 30 heavy (non-hydrogen) atoms. The van der Waals surface area contributed by atoms with Crippen LogP contribution in [0.15, 0.2) is 53.3 Å². The number of halogens is 2. The minimum absolute atomic E-state index is 0. The topological polar surface area (TPSA) is 94.6 Å². The summed E-state index contributed by atoms with van der Waals surface area (Å²) in [6.45, 7) is 1.86. The molecule has 0 spiro atoms. The molecule has 0 amide bonds. The lowest BCUT2D eigenvalue weighted by molar-refractivity contribution is 0.391. The van der Waals surface area contributed by atoms with Crippen molar-refractivity contribution >= 4 is 12.4 Å². The van der Waals surface area contributed by atoms with Gasteiger partial charge in [0.2, 0.25) is 0 Å². The van der Waals surface area contributed by atoms with Crippen molar-refractivity contribution in [3.05, 3.63) is 60.4 Å². The van der Waals surface area contributed by atoms with Crippen LogP contribution in [0.4, 0.5) is 4.39 Å². The zero-order chi connectivity index (χ0) is 19.6. The third-order valence-electron chi connectivity index (χ3n) is 5.05. The van der Waals surface area contributed by atoms with Gasteiger partial charge in [0, 0.05) is 23.9 Å². The molecular weight excluding hydrogens is 409 g/mol. The Labute approximate surface area is 177 Å². The Bertz CT molecular complexity index is 1130. The van der Waals surface area contributed by atoms with E-state index in [0.717, 1.165) is 31.5 Å². The maximum absolute atomic E-state index is 14.5. The highest BCUT2D eigenvalue weighted by Gasteiger charge is 2.26. The highest BCUT2D eigenvalue weighted by atomic mass is 35.5. The van der Waals surface area contributed by atoms with E-state index in [-0.39, 0.29) is 29.9 Å². The lowest BCUT2D eigenvalue weighted by Gasteiger charge is -2.18. The van der Waals surface area contributed by atoms with E-state index < -0.39 is 5.82 Å². The van der Waals surface area contributed by atoms with E-state index in [0.29, 0.717) is 17.2 Å². The van der Waals surface area contributed by atoms with Crippen molar-refractivity contribution in [2.45, 2.75) is 18.8 Å². The average Bonchev–Trinajstić information content (AvgIpc) is 3.43. The number of nitrogens with one attached hydrogen (secondary N) is 1. The summed E-state index contributed by atoms with van der Waals surface area (Å²) >= 11 is 0. The number of rotatable bonds is 4. The molecule has 1 aliphatic rings. The highest BCUT2D eigenvalue weighted by molar-refractivity contribution is 5.85. The molecule has 4 aromatic rings. The van der Waals surface area contributed by atoms with Gasteiger partial charge in [-0.1, -0.05) is 22.5 Å². The van der Waals surface area contributed by atoms with Gasteiger partial charge in [-0.15, -0.1) is 17.5 Å². The second-order valence-electron chi connectivity index (χ2n) is 6.87. The summed E-state index contributed by atoms with van der Waals surface area (Å²) in [4.78, 5) is 8.65. The molecule has 0 radical (unpaired) electrons. The molecule has 1 aliphatic heterocycles. The van der Waals surface area contributed by atoms with Gasteiger partial charge in [0.25, 0.3) is 5.89 Å². The normalized spacial score (nSPS) is 14.4. The van der Waals surface area contributed by atoms with Crippen LogP contribution < -0.4 is 5.32 Å². The van der Waals surface area contributed by atoms with Crippen molar-refractivity contribution in [1.29, 1.82) is 0 Å². The monoisotopic (exact) mass is 427 g/mol. The van der Waals surface area contributed by atoms with Crippen molar-refractivity contribution in [3.8, 4) is 28.5 Å². The largest absolute Gasteiger partial charge is 0.332 e. The van der Waals surface area contributed by atoms with Gasteiger partial charge in [0.1, 0.15) is 17.2 Å². The van der Waals surface area contributed by atoms with E-state index in [1.54, 1.807) is 30.6 Å². The van der Waals surface area contributed by atoms with Gasteiger partial charge in [-0.25, -0.2) is 9.07 Å². The smallest absolute Gasteiger partial charge is 0.280 e. The third-order valence-corrected chi connectivity index (χ3v) is 5.05. The standard InChI is InChI=1S/C20H18FN7O.ClH/c21-15-3-1-2-4-16(15)28-18(13-5-9-22-10-6-13)17(25-27-28)20-24-19(26-29-20)14-7-11-23-12-8-14;/h1-6,9-10,14,23H,7-8,11-12H2;1H. The molecule has 1 fully saturated rings. The SMILES string of the molecule is Cl.Fc1ccccc1-n1nnc(-c2nc(C3CCNCC3)no2)c1-c1ccncc1. The van der Waals surface area contributed by atoms with Crippen LogP contribution in [-0.2, 0) is 0 Å². The van der Waals surface area contributed by atoms with Crippen molar-refractivity contribution in [1.82, 2.24) is 35.4 Å². The van der Waals surface area contributed by atoms with Crippen LogP contribution in [0.2, 0.25) is 0 Å². The summed E-state index contributed by atoms with van der Waals surface area (Å²) in [5.74, 6) is 0.787. The molecular formula is C20H19ClFN7O. The molecule has 0 unspecified atom stereocenters. The van der Waals surface area contributed by atoms with Gasteiger partial charge in [0.15, 0.2) is 11.5 Å². The molecule has 4 heterocycles. The minimum atomic E-state index is -0.403. The van der Waals surface area contributed by atoms with Crippen molar-refractivity contribution in [3.63, 3.8) is 0 Å². The summed E-state index contributed by atoms with van der Waals surface area (Å²) < 4.78 is 21.5. The molecule has 8 nitrogen and oxygen atoms in total. The summed E-state index contributed by atoms with van der Waals surface area (Å²) in [5.41, 5.74) is 2.03. The summed E-state index contributed by atoms with van der Waals surface area (Å²) in [6.07, 6.45) is 5.23. The number of piperidine rings is 1. The van der Waals surface area contributed by atoms with Crippen LogP contribution in [0.25, 0.3) is 28.5 Å². The maximum atomic E-state index is 14.5. The van der Waals surface area contributed by atoms with Crippen LogP contribution >= 0.6 is 12.4 Å². The van der Waals surface area contributed by atoms with Crippen LogP contribution in [0.3, 0.4) is 0 Å². The molecule has 10 heteroatoms. The van der Waals surface area contributed by atoms with E-state index in [2.05, 4.69) is 30.8 Å². The molecule has 3 aromatic heterocycles. The fraction of sp³-hybridized carbons (Fsp3) is 0.250. The highest BCUT2D eigenvalue weighted by Crippen LogP contribution is 2.33. The van der Waals surface area contributed by atoms with E-state index >= 15 is 0 Å². The zero-order valence-corrected chi connectivity index (χ0v) is 16.7. The van der Waals surface area contributed by atoms with E-state index in [1.165, 1.54) is 10.7 Å². The molecule has 1 N–H and O–H groups in total. The Balaban J connectivity index is 0.00000218. The summed E-state index contributed by atoms with van der Waals surface area (Å²) in [5, 5.41) is 15.9. The lowest BCUT2D eigenvalue weighted by atomic mass is 9.98. The third kappa shape index (κ3) is 3.69. The molecule has 0 bridgehead atoms. The number of hydrogen-bond donors (Lipinski definition) is 1. The van der Waals surface area contributed by atoms with Gasteiger partial charge >= 0.3 is 0 Å². The van der Waals surface area contributed by atoms with E-state index in [1.807, 2.05) is 12.1 Å². The minimum Gasteiger partial charge on any atom is -0.332 e.